The molecule has 11 aliphatic carbocycles. The van der Waals surface area contributed by atoms with Crippen LogP contribution in [0.5, 0.6) is 17.2 Å². The first-order valence-corrected chi connectivity index (χ1v) is 38.5. The zero-order valence-electron chi connectivity index (χ0n) is 56.5. The maximum Gasteiger partial charge on any atom is 0.309 e. The minimum absolute atomic E-state index is 0.0263. The van der Waals surface area contributed by atoms with Crippen molar-refractivity contribution in [1.29, 1.82) is 0 Å². The van der Waals surface area contributed by atoms with Gasteiger partial charge in [-0.15, -0.1) is 0 Å². The van der Waals surface area contributed by atoms with Gasteiger partial charge in [-0.1, -0.05) is 38.5 Å². The Labute approximate surface area is 568 Å². The van der Waals surface area contributed by atoms with E-state index in [0.29, 0.717) is 122 Å². The minimum atomic E-state index is -3.55. The Morgan fingerprint density at radius 1 is 0.464 bits per heavy atom. The van der Waals surface area contributed by atoms with Crippen LogP contribution >= 0.6 is 0 Å². The molecule has 0 spiro atoms. The highest BCUT2D eigenvalue weighted by molar-refractivity contribution is 7.92. The Morgan fingerprint density at radius 2 is 0.742 bits per heavy atom. The van der Waals surface area contributed by atoms with Crippen LogP contribution in [-0.4, -0.2) is 115 Å². The van der Waals surface area contributed by atoms with Crippen molar-refractivity contribution in [3.63, 3.8) is 0 Å². The number of ketones is 2. The fourth-order valence-corrected chi connectivity index (χ4v) is 21.1. The molecule has 0 atom stereocenters. The second-order valence-corrected chi connectivity index (χ2v) is 37.3. The lowest BCUT2D eigenvalue weighted by atomic mass is 9.34. The van der Waals surface area contributed by atoms with E-state index in [9.17, 15) is 67.5 Å². The van der Waals surface area contributed by atoms with Gasteiger partial charge in [0.05, 0.1) is 56.3 Å². The molecule has 24 heteroatoms. The molecule has 14 rings (SSSR count). The van der Waals surface area contributed by atoms with Crippen LogP contribution in [0.25, 0.3) is 0 Å². The summed E-state index contributed by atoms with van der Waals surface area (Å²) < 4.78 is 143. The predicted molar refractivity (Wildman–Crippen MR) is 356 cm³/mol. The Kier molecular flexibility index (Phi) is 22.4. The number of halogens is 3. The van der Waals surface area contributed by atoms with Crippen LogP contribution in [0, 0.1) is 44.3 Å². The number of carboxylic acids is 1. The molecule has 6 bridgehead atoms. The molecule has 3 N–H and O–H groups in total. The molecule has 97 heavy (non-hydrogen) atoms. The van der Waals surface area contributed by atoms with Crippen LogP contribution in [0.15, 0.2) is 123 Å². The first-order valence-electron chi connectivity index (χ1n) is 33.6. The topological polar surface area (TPSA) is 280 Å². The van der Waals surface area contributed by atoms with Crippen LogP contribution in [-0.2, 0) is 63.0 Å². The molecule has 11 aliphatic rings. The van der Waals surface area contributed by atoms with Crippen molar-refractivity contribution in [1.82, 2.24) is 0 Å². The fourth-order valence-electron chi connectivity index (χ4n) is 15.6. The number of benzene rings is 3. The summed E-state index contributed by atoms with van der Waals surface area (Å²) in [6.45, 7) is 10.5. The van der Waals surface area contributed by atoms with Gasteiger partial charge >= 0.3 is 17.9 Å². The molecule has 0 heterocycles. The van der Waals surface area contributed by atoms with E-state index in [4.69, 9.17) is 29.4 Å². The number of hydrogen-bond donors (Lipinski definition) is 2. The number of nitrogens with two attached hydrogens (primary N) is 1. The number of hydrogen-bond acceptors (Lipinski definition) is 17. The summed E-state index contributed by atoms with van der Waals surface area (Å²) >= 11 is 0. The average molecular weight is 1410 g/mol. The van der Waals surface area contributed by atoms with Gasteiger partial charge in [-0.25, -0.2) is 38.4 Å². The summed E-state index contributed by atoms with van der Waals surface area (Å²) in [6, 6.07) is 18.2. The zero-order valence-corrected chi connectivity index (χ0v) is 59.0. The normalized spacial score (nSPS) is 26.4. The van der Waals surface area contributed by atoms with Crippen molar-refractivity contribution in [2.75, 3.05) is 43.6 Å². The Hall–Kier alpha value is -6.37. The highest BCUT2D eigenvalue weighted by atomic mass is 32.2. The van der Waals surface area contributed by atoms with Gasteiger partial charge in [0, 0.05) is 48.6 Å². The van der Waals surface area contributed by atoms with E-state index in [0.717, 1.165) is 32.1 Å². The molecule has 0 aliphatic heterocycles. The van der Waals surface area contributed by atoms with Crippen LogP contribution < -0.4 is 19.9 Å². The summed E-state index contributed by atoms with van der Waals surface area (Å²) in [4.78, 5) is 60.6. The average Bonchev–Trinajstić information content (AvgIpc) is 0.689. The number of aliphatic carboxylic acids is 1. The molecule has 0 amide bonds. The number of sulfone groups is 3. The SMILES string of the molecule is CC(C)(C)OC(=O)CC/C(=C\F)COc1ccc(S(=O)(=O)CC23CC(C(=O)CC4CCC4)(C2)C3)cc1.CC(C)(C)OC(=O)CC/C(=C\F)COc1ccc(S(=O)(=O)CC23CC(C(=O)O)(C2)C3)cc1.NC/C(=C\F)COc1ccc(S(=O)(=O)CC23CC(C(=O)CC4CCC4)(C2)C3)cc1. The van der Waals surface area contributed by atoms with Crippen LogP contribution in [0.1, 0.15) is 176 Å². The zero-order chi connectivity index (χ0) is 70.7. The quantitative estimate of drug-likeness (QED) is 0.0549. The van der Waals surface area contributed by atoms with Crippen LogP contribution in [0.2, 0.25) is 0 Å². The molecule has 532 valence electrons. The third kappa shape index (κ3) is 18.2. The molecule has 11 saturated carbocycles. The van der Waals surface area contributed by atoms with E-state index < -0.39 is 69.5 Å². The second-order valence-electron chi connectivity index (χ2n) is 31.3. The maximum atomic E-state index is 13.2. The molecule has 0 aromatic heterocycles. The first-order chi connectivity index (χ1) is 45.4. The summed E-state index contributed by atoms with van der Waals surface area (Å²) in [7, 11) is -10.5. The molecule has 3 aromatic carbocycles. The second kappa shape index (κ2) is 29.1. The van der Waals surface area contributed by atoms with Gasteiger partial charge in [-0.2, -0.15) is 0 Å². The number of carbonyl (C=O) groups is 5. The maximum absolute atomic E-state index is 13.2. The van der Waals surface area contributed by atoms with Crippen molar-refractivity contribution in [2.45, 2.75) is 202 Å². The molecule has 0 radical (unpaired) electrons. The van der Waals surface area contributed by atoms with Crippen LogP contribution in [0.3, 0.4) is 0 Å². The number of esters is 2. The molecular formula is C73H94F3NO17S3. The van der Waals surface area contributed by atoms with E-state index in [1.54, 1.807) is 65.8 Å². The van der Waals surface area contributed by atoms with Crippen molar-refractivity contribution in [2.24, 2.45) is 50.1 Å². The number of carbonyl (C=O) groups excluding carboxylic acids is 4. The van der Waals surface area contributed by atoms with Gasteiger partial charge in [0.1, 0.15) is 59.8 Å². The van der Waals surface area contributed by atoms with Crippen molar-refractivity contribution >= 4 is 59.0 Å². The summed E-state index contributed by atoms with van der Waals surface area (Å²) in [6.07, 6.45) is 15.6. The summed E-state index contributed by atoms with van der Waals surface area (Å²) in [5.41, 5.74) is 3.04. The molecular weight excluding hydrogens is 1320 g/mol. The van der Waals surface area contributed by atoms with E-state index >= 15 is 0 Å². The number of carboxylic acid groups (broad SMARTS) is 1. The Balaban J connectivity index is 0.000000171. The summed E-state index contributed by atoms with van der Waals surface area (Å²) in [5.74, 6) is 1.50. The monoisotopic (exact) mass is 1410 g/mol. The van der Waals surface area contributed by atoms with Gasteiger partial charge in [-0.3, -0.25) is 24.0 Å². The number of ether oxygens (including phenoxy) is 5. The van der Waals surface area contributed by atoms with Gasteiger partial charge in [0.15, 0.2) is 29.5 Å². The fraction of sp³-hybridized carbons (Fsp3) is 0.603. The summed E-state index contributed by atoms with van der Waals surface area (Å²) in [5, 5.41) is 9.19. The van der Waals surface area contributed by atoms with Gasteiger partial charge in [0.2, 0.25) is 0 Å². The largest absolute Gasteiger partial charge is 0.489 e. The third-order valence-corrected chi connectivity index (χ3v) is 26.6. The van der Waals surface area contributed by atoms with E-state index in [1.807, 2.05) is 0 Å². The smallest absolute Gasteiger partial charge is 0.309 e. The van der Waals surface area contributed by atoms with E-state index in [1.165, 1.54) is 74.2 Å². The van der Waals surface area contributed by atoms with Crippen molar-refractivity contribution < 1.29 is 91.2 Å². The first kappa shape index (κ1) is 74.8. The van der Waals surface area contributed by atoms with Crippen LogP contribution in [0.4, 0.5) is 13.2 Å². The molecule has 18 nitrogen and oxygen atoms in total. The minimum Gasteiger partial charge on any atom is -0.489 e. The Bertz CT molecular complexity index is 3800. The molecule has 0 saturated heterocycles. The van der Waals surface area contributed by atoms with Crippen molar-refractivity contribution in [3.05, 3.63) is 109 Å². The van der Waals surface area contributed by atoms with Gasteiger partial charge in [0.25, 0.3) is 0 Å². The Morgan fingerprint density at radius 3 is 0.979 bits per heavy atom. The lowest BCUT2D eigenvalue weighted by molar-refractivity contribution is -0.214. The highest BCUT2D eigenvalue weighted by Crippen LogP contribution is 2.76. The molecule has 11 fully saturated rings. The lowest BCUT2D eigenvalue weighted by Crippen LogP contribution is -2.67. The van der Waals surface area contributed by atoms with Crippen molar-refractivity contribution in [3.8, 4) is 17.2 Å². The van der Waals surface area contributed by atoms with Gasteiger partial charge < -0.3 is 34.5 Å². The van der Waals surface area contributed by atoms with Gasteiger partial charge in [-0.05, 0) is 224 Å². The number of rotatable bonds is 32. The third-order valence-electron chi connectivity index (χ3n) is 20.6. The predicted octanol–water partition coefficient (Wildman–Crippen LogP) is 13.4. The van der Waals surface area contributed by atoms with E-state index in [-0.39, 0.29) is 111 Å². The lowest BCUT2D eigenvalue weighted by Gasteiger charge is -2.70. The number of Topliss-reactive ketones (excluding diaryl/α,β-unsaturated/α-hetero) is 2. The molecule has 3 aromatic rings. The van der Waals surface area contributed by atoms with E-state index in [2.05, 4.69) is 0 Å². The highest BCUT2D eigenvalue weighted by Gasteiger charge is 2.74. The molecule has 0 unspecified atom stereocenters. The standard InChI is InChI=1S/C28H37FO6S.C23H29FO7S.C22H28FNO4S/c1-26(2,3)35-25(31)12-7-21(14-29)15-34-22-8-10-23(11-9-22)36(32,33)19-27-16-28(17-27,18-27)24(30)13-20-5-4-6-20;1-21(2,3)31-19(25)9-4-16(10-24)11-30-17-5-7-18(8-6-17)32(28,29)15-22-12-23(13-22,14-22)20(26)27;23-9-17(10-24)11-28-18-4-6-19(7-5-18)29(26,27)15-21-12-22(13-21,14-21)20(25)8-16-2-1-3-16/h8-11,14,20H,4-7,12-13,15-19H2,1-3H3;5-8,10H,4,9,11-15H2,1-3H3,(H,26,27);4-7,9,16H,1-3,8,10-15,24H2/b21-14+;16-10+;17-9+.